The van der Waals surface area contributed by atoms with Gasteiger partial charge in [-0.2, -0.15) is 0 Å². The van der Waals surface area contributed by atoms with Gasteiger partial charge in [0, 0.05) is 0 Å². The maximum absolute atomic E-state index is 5.52. The first-order valence-corrected chi connectivity index (χ1v) is 5.31. The number of benzene rings is 1. The van der Waals surface area contributed by atoms with E-state index in [0.717, 1.165) is 19.4 Å². The van der Waals surface area contributed by atoms with Crippen LogP contribution in [0.3, 0.4) is 0 Å². The molecule has 0 fully saturated rings. The summed E-state index contributed by atoms with van der Waals surface area (Å²) in [7, 11) is 0. The van der Waals surface area contributed by atoms with E-state index in [1.54, 1.807) is 0 Å². The van der Waals surface area contributed by atoms with Gasteiger partial charge >= 0.3 is 0 Å². The fourth-order valence-electron chi connectivity index (χ4n) is 1.23. The van der Waals surface area contributed by atoms with Crippen LogP contribution in [0.15, 0.2) is 55.1 Å². The van der Waals surface area contributed by atoms with Gasteiger partial charge in [-0.3, -0.25) is 0 Å². The van der Waals surface area contributed by atoms with E-state index in [-0.39, 0.29) is 0 Å². The molecule has 0 aliphatic carbocycles. The molecule has 15 heavy (non-hydrogen) atoms. The lowest BCUT2D eigenvalue weighted by Gasteiger charge is -2.01. The van der Waals surface area contributed by atoms with E-state index in [1.807, 2.05) is 24.3 Å². The highest BCUT2D eigenvalue weighted by atomic mass is 16.5. The summed E-state index contributed by atoms with van der Waals surface area (Å²) in [6, 6.07) is 10.2. The van der Waals surface area contributed by atoms with Crippen LogP contribution in [-0.2, 0) is 11.3 Å². The van der Waals surface area contributed by atoms with E-state index >= 15 is 0 Å². The maximum Gasteiger partial charge on any atom is 0.0717 e. The molecule has 1 nitrogen and oxygen atoms in total. The average molecular weight is 202 g/mol. The van der Waals surface area contributed by atoms with Crippen molar-refractivity contribution in [3.05, 3.63) is 60.7 Å². The Morgan fingerprint density at radius 2 is 1.93 bits per heavy atom. The second kappa shape index (κ2) is 8.01. The zero-order chi connectivity index (χ0) is 10.8. The highest BCUT2D eigenvalue weighted by molar-refractivity contribution is 5.13. The first-order valence-electron chi connectivity index (χ1n) is 5.31. The lowest BCUT2D eigenvalue weighted by atomic mass is 10.2. The van der Waals surface area contributed by atoms with Crippen LogP contribution in [0.4, 0.5) is 0 Å². The molecule has 0 spiro atoms. The number of allylic oxidation sites excluding steroid dienone is 2. The predicted octanol–water partition coefficient (Wildman–Crippen LogP) is 3.73. The summed E-state index contributed by atoms with van der Waals surface area (Å²) in [5, 5.41) is 0. The third-order valence-corrected chi connectivity index (χ3v) is 2.01. The van der Waals surface area contributed by atoms with Gasteiger partial charge in [-0.05, 0) is 18.4 Å². The molecule has 0 heterocycles. The van der Waals surface area contributed by atoms with Crippen molar-refractivity contribution in [2.45, 2.75) is 19.4 Å². The summed E-state index contributed by atoms with van der Waals surface area (Å²) >= 11 is 0. The van der Waals surface area contributed by atoms with Gasteiger partial charge in [-0.25, -0.2) is 0 Å². The summed E-state index contributed by atoms with van der Waals surface area (Å²) < 4.78 is 5.52. The van der Waals surface area contributed by atoms with E-state index < -0.39 is 0 Å². The van der Waals surface area contributed by atoms with E-state index in [0.29, 0.717) is 6.61 Å². The van der Waals surface area contributed by atoms with Crippen molar-refractivity contribution in [3.63, 3.8) is 0 Å². The van der Waals surface area contributed by atoms with Gasteiger partial charge in [0.1, 0.15) is 0 Å². The first kappa shape index (κ1) is 11.7. The van der Waals surface area contributed by atoms with Gasteiger partial charge in [0.25, 0.3) is 0 Å². The number of hydrogen-bond acceptors (Lipinski definition) is 1. The quantitative estimate of drug-likeness (QED) is 0.483. The van der Waals surface area contributed by atoms with Crippen molar-refractivity contribution in [2.75, 3.05) is 6.61 Å². The Kier molecular flexibility index (Phi) is 6.26. The minimum atomic E-state index is 0.705. The van der Waals surface area contributed by atoms with Crippen LogP contribution in [-0.4, -0.2) is 6.61 Å². The summed E-state index contributed by atoms with van der Waals surface area (Å²) in [6.07, 6.45) is 8.05. The van der Waals surface area contributed by atoms with Gasteiger partial charge < -0.3 is 4.74 Å². The minimum Gasteiger partial charge on any atom is -0.376 e. The molecule has 1 heteroatoms. The molecule has 1 aromatic rings. The first-order chi connectivity index (χ1) is 7.43. The molecule has 0 saturated heterocycles. The predicted molar refractivity (Wildman–Crippen MR) is 64.7 cm³/mol. The number of ether oxygens (including phenoxy) is 1. The van der Waals surface area contributed by atoms with Gasteiger partial charge in [-0.1, -0.05) is 48.6 Å². The number of rotatable bonds is 7. The molecule has 0 N–H and O–H groups in total. The zero-order valence-electron chi connectivity index (χ0n) is 9.06. The molecule has 0 aliphatic heterocycles. The molecule has 0 aliphatic rings. The van der Waals surface area contributed by atoms with Crippen molar-refractivity contribution < 1.29 is 4.74 Å². The minimum absolute atomic E-state index is 0.705. The Balaban J connectivity index is 2.05. The summed E-state index contributed by atoms with van der Waals surface area (Å²) in [4.78, 5) is 0. The van der Waals surface area contributed by atoms with Crippen LogP contribution < -0.4 is 0 Å². The second-order valence-corrected chi connectivity index (χ2v) is 3.32. The fraction of sp³-hybridized carbons (Fsp3) is 0.286. The van der Waals surface area contributed by atoms with Crippen LogP contribution in [0, 0.1) is 0 Å². The van der Waals surface area contributed by atoms with Gasteiger partial charge in [0.15, 0.2) is 0 Å². The SMILES string of the molecule is C=CC/C=C/CCOCc1ccccc1. The van der Waals surface area contributed by atoms with E-state index in [4.69, 9.17) is 4.74 Å². The van der Waals surface area contributed by atoms with Crippen molar-refractivity contribution in [1.29, 1.82) is 0 Å². The van der Waals surface area contributed by atoms with Crippen molar-refractivity contribution in [1.82, 2.24) is 0 Å². The normalized spacial score (nSPS) is 10.7. The van der Waals surface area contributed by atoms with Gasteiger partial charge in [-0.15, -0.1) is 6.58 Å². The summed E-state index contributed by atoms with van der Waals surface area (Å²) in [5.74, 6) is 0. The fourth-order valence-corrected chi connectivity index (χ4v) is 1.23. The summed E-state index contributed by atoms with van der Waals surface area (Å²) in [6.45, 7) is 5.14. The lowest BCUT2D eigenvalue weighted by molar-refractivity contribution is 0.125. The molecule has 0 aromatic heterocycles. The second-order valence-electron chi connectivity index (χ2n) is 3.32. The topological polar surface area (TPSA) is 9.23 Å². The maximum atomic E-state index is 5.52. The summed E-state index contributed by atoms with van der Waals surface area (Å²) in [5.41, 5.74) is 1.23. The standard InChI is InChI=1S/C14H18O/c1-2-3-4-5-9-12-15-13-14-10-7-6-8-11-14/h2,4-8,10-11H,1,3,9,12-13H2/b5-4+. The van der Waals surface area contributed by atoms with Crippen LogP contribution in [0.2, 0.25) is 0 Å². The molecule has 80 valence electrons. The largest absolute Gasteiger partial charge is 0.376 e. The zero-order valence-corrected chi connectivity index (χ0v) is 9.06. The van der Waals surface area contributed by atoms with Crippen LogP contribution >= 0.6 is 0 Å². The van der Waals surface area contributed by atoms with E-state index in [2.05, 4.69) is 30.9 Å². The van der Waals surface area contributed by atoms with Crippen molar-refractivity contribution in [2.24, 2.45) is 0 Å². The van der Waals surface area contributed by atoms with Gasteiger partial charge in [0.2, 0.25) is 0 Å². The van der Waals surface area contributed by atoms with Crippen LogP contribution in [0.1, 0.15) is 18.4 Å². The monoisotopic (exact) mass is 202 g/mol. The van der Waals surface area contributed by atoms with Crippen LogP contribution in [0.25, 0.3) is 0 Å². The lowest BCUT2D eigenvalue weighted by Crippen LogP contribution is -1.93. The Labute approximate surface area is 92.1 Å². The Hall–Kier alpha value is -1.34. The van der Waals surface area contributed by atoms with E-state index in [1.165, 1.54) is 5.56 Å². The molecule has 0 unspecified atom stereocenters. The van der Waals surface area contributed by atoms with E-state index in [9.17, 15) is 0 Å². The molecule has 0 radical (unpaired) electrons. The molecular weight excluding hydrogens is 184 g/mol. The van der Waals surface area contributed by atoms with Crippen molar-refractivity contribution >= 4 is 0 Å². The van der Waals surface area contributed by atoms with Crippen molar-refractivity contribution in [3.8, 4) is 0 Å². The van der Waals surface area contributed by atoms with Gasteiger partial charge in [0.05, 0.1) is 13.2 Å². The smallest absolute Gasteiger partial charge is 0.0717 e. The molecular formula is C14H18O. The average Bonchev–Trinajstić information content (AvgIpc) is 2.29. The Bertz CT molecular complexity index is 287. The molecule has 1 rings (SSSR count). The molecule has 0 bridgehead atoms. The Morgan fingerprint density at radius 1 is 1.13 bits per heavy atom. The third kappa shape index (κ3) is 5.87. The highest BCUT2D eigenvalue weighted by Gasteiger charge is 1.89. The molecule has 0 saturated carbocycles. The molecule has 0 atom stereocenters. The molecule has 1 aromatic carbocycles. The molecule has 0 amide bonds. The highest BCUT2D eigenvalue weighted by Crippen LogP contribution is 2.00. The van der Waals surface area contributed by atoms with Crippen LogP contribution in [0.5, 0.6) is 0 Å². The third-order valence-electron chi connectivity index (χ3n) is 2.01. The number of hydrogen-bond donors (Lipinski definition) is 0. The Morgan fingerprint density at radius 3 is 2.67 bits per heavy atom.